The molecule has 0 spiro atoms. The number of anilines is 3. The van der Waals surface area contributed by atoms with Crippen LogP contribution in [0.3, 0.4) is 0 Å². The molecule has 1 heterocycles. The Morgan fingerprint density at radius 2 is 1.96 bits per heavy atom. The van der Waals surface area contributed by atoms with Crippen LogP contribution in [-0.2, 0) is 4.79 Å². The van der Waals surface area contributed by atoms with Crippen molar-refractivity contribution in [3.63, 3.8) is 0 Å². The molecular formula is C19H20N4O4. The second-order valence-corrected chi connectivity index (χ2v) is 5.98. The van der Waals surface area contributed by atoms with Gasteiger partial charge in [-0.15, -0.1) is 0 Å². The van der Waals surface area contributed by atoms with Crippen LogP contribution in [0.2, 0.25) is 0 Å². The van der Waals surface area contributed by atoms with Crippen LogP contribution >= 0.6 is 0 Å². The molecule has 8 nitrogen and oxygen atoms in total. The third kappa shape index (κ3) is 4.17. The van der Waals surface area contributed by atoms with E-state index in [-0.39, 0.29) is 17.8 Å². The molecule has 0 atom stereocenters. The van der Waals surface area contributed by atoms with Gasteiger partial charge in [0.05, 0.1) is 12.8 Å². The molecule has 0 bridgehead atoms. The molecule has 0 aromatic heterocycles. The lowest BCUT2D eigenvalue weighted by atomic mass is 10.1. The fourth-order valence-corrected chi connectivity index (χ4v) is 2.81. The Labute approximate surface area is 156 Å². The van der Waals surface area contributed by atoms with Crippen molar-refractivity contribution in [3.05, 3.63) is 48.0 Å². The molecule has 1 saturated heterocycles. The van der Waals surface area contributed by atoms with E-state index >= 15 is 0 Å². The Bertz CT molecular complexity index is 897. The molecule has 0 radical (unpaired) electrons. The number of hydrogen-bond donors (Lipinski definition) is 3. The van der Waals surface area contributed by atoms with Gasteiger partial charge in [-0.05, 0) is 36.4 Å². The van der Waals surface area contributed by atoms with E-state index in [0.717, 1.165) is 0 Å². The van der Waals surface area contributed by atoms with E-state index < -0.39 is 0 Å². The van der Waals surface area contributed by atoms with Gasteiger partial charge in [0.15, 0.2) is 0 Å². The number of hydrogen-bond acceptors (Lipinski definition) is 4. The molecule has 8 heteroatoms. The van der Waals surface area contributed by atoms with Gasteiger partial charge in [-0.3, -0.25) is 14.5 Å². The van der Waals surface area contributed by atoms with Crippen LogP contribution in [0, 0.1) is 0 Å². The standard InChI is InChI=1S/C19H20N4O4/c1-12(24)21-16-11-14(6-7-17(16)27-2)22-18(25)13-4-3-5-15(10-13)23-9-8-20-19(23)26/h3-7,10-11H,8-9H2,1-2H3,(H,20,26)(H,21,24)(H,22,25). The predicted molar refractivity (Wildman–Crippen MR) is 102 cm³/mol. The van der Waals surface area contributed by atoms with E-state index in [1.165, 1.54) is 14.0 Å². The van der Waals surface area contributed by atoms with Crippen molar-refractivity contribution < 1.29 is 19.1 Å². The molecule has 2 aromatic carbocycles. The number of nitrogens with zero attached hydrogens (tertiary/aromatic N) is 1. The van der Waals surface area contributed by atoms with Crippen LogP contribution in [0.5, 0.6) is 5.75 Å². The lowest BCUT2D eigenvalue weighted by Gasteiger charge is -2.15. The highest BCUT2D eigenvalue weighted by Gasteiger charge is 2.21. The fraction of sp³-hybridized carbons (Fsp3) is 0.211. The first-order valence-electron chi connectivity index (χ1n) is 8.40. The summed E-state index contributed by atoms with van der Waals surface area (Å²) in [6.07, 6.45) is 0. The highest BCUT2D eigenvalue weighted by molar-refractivity contribution is 6.06. The molecule has 4 amide bonds. The second kappa shape index (κ2) is 7.77. The molecule has 0 aliphatic carbocycles. The summed E-state index contributed by atoms with van der Waals surface area (Å²) in [5, 5.41) is 8.18. The largest absolute Gasteiger partial charge is 0.495 e. The van der Waals surface area contributed by atoms with Gasteiger partial charge in [0.2, 0.25) is 5.91 Å². The molecule has 2 aromatic rings. The molecule has 1 aliphatic heterocycles. The van der Waals surface area contributed by atoms with Crippen molar-refractivity contribution in [1.29, 1.82) is 0 Å². The van der Waals surface area contributed by atoms with Gasteiger partial charge < -0.3 is 20.7 Å². The molecule has 27 heavy (non-hydrogen) atoms. The van der Waals surface area contributed by atoms with Crippen LogP contribution < -0.4 is 25.6 Å². The zero-order valence-corrected chi connectivity index (χ0v) is 15.0. The number of ether oxygens (including phenoxy) is 1. The topological polar surface area (TPSA) is 99.8 Å². The van der Waals surface area contributed by atoms with E-state index in [1.807, 2.05) is 0 Å². The van der Waals surface area contributed by atoms with Crippen molar-refractivity contribution in [2.75, 3.05) is 35.7 Å². The van der Waals surface area contributed by atoms with Crippen molar-refractivity contribution in [3.8, 4) is 5.75 Å². The number of rotatable bonds is 5. The number of benzene rings is 2. The number of methoxy groups -OCH3 is 1. The van der Waals surface area contributed by atoms with Crippen molar-refractivity contribution in [2.24, 2.45) is 0 Å². The Morgan fingerprint density at radius 1 is 1.15 bits per heavy atom. The van der Waals surface area contributed by atoms with Crippen LogP contribution in [0.25, 0.3) is 0 Å². The lowest BCUT2D eigenvalue weighted by molar-refractivity contribution is -0.114. The van der Waals surface area contributed by atoms with E-state index in [2.05, 4.69) is 16.0 Å². The SMILES string of the molecule is COc1ccc(NC(=O)c2cccc(N3CCNC3=O)c2)cc1NC(C)=O. The van der Waals surface area contributed by atoms with E-state index in [0.29, 0.717) is 41.5 Å². The summed E-state index contributed by atoms with van der Waals surface area (Å²) < 4.78 is 5.20. The Kier molecular flexibility index (Phi) is 5.25. The molecule has 3 rings (SSSR count). The minimum absolute atomic E-state index is 0.178. The average molecular weight is 368 g/mol. The van der Waals surface area contributed by atoms with Gasteiger partial charge in [0, 0.05) is 37.0 Å². The summed E-state index contributed by atoms with van der Waals surface area (Å²) in [5.41, 5.74) is 2.05. The summed E-state index contributed by atoms with van der Waals surface area (Å²) in [6, 6.07) is 11.6. The zero-order valence-electron chi connectivity index (χ0n) is 15.0. The Balaban J connectivity index is 1.79. The van der Waals surface area contributed by atoms with Gasteiger partial charge in [-0.2, -0.15) is 0 Å². The third-order valence-corrected chi connectivity index (χ3v) is 4.04. The predicted octanol–water partition coefficient (Wildman–Crippen LogP) is 2.44. The minimum Gasteiger partial charge on any atom is -0.495 e. The number of urea groups is 1. The highest BCUT2D eigenvalue weighted by atomic mass is 16.5. The molecule has 140 valence electrons. The van der Waals surface area contributed by atoms with Crippen LogP contribution in [0.1, 0.15) is 17.3 Å². The summed E-state index contributed by atoms with van der Waals surface area (Å²) >= 11 is 0. The summed E-state index contributed by atoms with van der Waals surface area (Å²) in [6.45, 7) is 2.53. The van der Waals surface area contributed by atoms with Crippen LogP contribution in [0.15, 0.2) is 42.5 Å². The Hall–Kier alpha value is -3.55. The molecule has 1 fully saturated rings. The quantitative estimate of drug-likeness (QED) is 0.755. The third-order valence-electron chi connectivity index (χ3n) is 4.04. The van der Waals surface area contributed by atoms with Gasteiger partial charge in [-0.1, -0.05) is 6.07 Å². The summed E-state index contributed by atoms with van der Waals surface area (Å²) in [7, 11) is 1.50. The van der Waals surface area contributed by atoms with Gasteiger partial charge in [0.1, 0.15) is 5.75 Å². The monoisotopic (exact) mass is 368 g/mol. The summed E-state index contributed by atoms with van der Waals surface area (Å²) in [5.74, 6) is -0.0750. The first-order valence-corrected chi connectivity index (χ1v) is 8.40. The normalized spacial score (nSPS) is 13.1. The smallest absolute Gasteiger partial charge is 0.321 e. The number of carbonyl (C=O) groups excluding carboxylic acids is 3. The molecule has 1 aliphatic rings. The first-order chi connectivity index (χ1) is 13.0. The maximum atomic E-state index is 12.6. The fourth-order valence-electron chi connectivity index (χ4n) is 2.81. The lowest BCUT2D eigenvalue weighted by Crippen LogP contribution is -2.27. The number of nitrogens with one attached hydrogen (secondary N) is 3. The first kappa shape index (κ1) is 18.2. The molecule has 0 unspecified atom stereocenters. The van der Waals surface area contributed by atoms with Crippen molar-refractivity contribution in [1.82, 2.24) is 5.32 Å². The van der Waals surface area contributed by atoms with E-state index in [9.17, 15) is 14.4 Å². The molecule has 3 N–H and O–H groups in total. The molecular weight excluding hydrogens is 348 g/mol. The van der Waals surface area contributed by atoms with Gasteiger partial charge in [0.25, 0.3) is 5.91 Å². The second-order valence-electron chi connectivity index (χ2n) is 5.98. The van der Waals surface area contributed by atoms with Crippen LogP contribution in [0.4, 0.5) is 21.9 Å². The number of amides is 4. The molecule has 0 saturated carbocycles. The highest BCUT2D eigenvalue weighted by Crippen LogP contribution is 2.28. The zero-order chi connectivity index (χ0) is 19.4. The minimum atomic E-state index is -0.324. The average Bonchev–Trinajstić information content (AvgIpc) is 3.07. The summed E-state index contributed by atoms with van der Waals surface area (Å²) in [4.78, 5) is 37.3. The number of carbonyl (C=O) groups is 3. The maximum Gasteiger partial charge on any atom is 0.321 e. The van der Waals surface area contributed by atoms with Crippen molar-refractivity contribution in [2.45, 2.75) is 6.92 Å². The maximum absolute atomic E-state index is 12.6. The van der Waals surface area contributed by atoms with E-state index in [1.54, 1.807) is 47.4 Å². The van der Waals surface area contributed by atoms with Crippen molar-refractivity contribution >= 4 is 34.9 Å². The Morgan fingerprint density at radius 3 is 2.63 bits per heavy atom. The van der Waals surface area contributed by atoms with Crippen LogP contribution in [-0.4, -0.2) is 38.0 Å². The van der Waals surface area contributed by atoms with E-state index in [4.69, 9.17) is 4.74 Å². The van der Waals surface area contributed by atoms with Gasteiger partial charge in [-0.25, -0.2) is 4.79 Å². The van der Waals surface area contributed by atoms with Gasteiger partial charge >= 0.3 is 6.03 Å².